The van der Waals surface area contributed by atoms with Gasteiger partial charge < -0.3 is 45.1 Å². The van der Waals surface area contributed by atoms with Crippen LogP contribution in [0.2, 0.25) is 0 Å². The van der Waals surface area contributed by atoms with E-state index in [0.29, 0.717) is 12.8 Å². The van der Waals surface area contributed by atoms with Crippen molar-refractivity contribution in [1.82, 2.24) is 5.32 Å². The van der Waals surface area contributed by atoms with Crippen molar-refractivity contribution in [3.63, 3.8) is 0 Å². The number of hydrogen-bond donors (Lipinski definition) is 6. The minimum atomic E-state index is -1.63. The van der Waals surface area contributed by atoms with E-state index in [-0.39, 0.29) is 19.4 Å². The second-order valence-corrected chi connectivity index (χ2v) is 24.9. The van der Waals surface area contributed by atoms with E-state index < -0.39 is 67.4 Å². The van der Waals surface area contributed by atoms with Crippen LogP contribution in [0.4, 0.5) is 0 Å². The second-order valence-electron chi connectivity index (χ2n) is 24.9. The van der Waals surface area contributed by atoms with Gasteiger partial charge in [-0.15, -0.1) is 0 Å². The lowest BCUT2D eigenvalue weighted by atomic mass is 9.99. The Hall–Kier alpha value is -4.20. The highest BCUT2D eigenvalue weighted by Crippen LogP contribution is 2.26. The van der Waals surface area contributed by atoms with Gasteiger partial charge in [-0.3, -0.25) is 9.59 Å². The largest absolute Gasteiger partial charge is 0.454 e. The van der Waals surface area contributed by atoms with Crippen LogP contribution in [0.15, 0.2) is 134 Å². The number of aliphatic hydroxyl groups excluding tert-OH is 5. The maximum absolute atomic E-state index is 13.5. The summed E-state index contributed by atoms with van der Waals surface area (Å²) in [6, 6.07) is -1.05. The summed E-state index contributed by atoms with van der Waals surface area (Å²) in [5.41, 5.74) is 0. The summed E-state index contributed by atoms with van der Waals surface area (Å²) < 4.78 is 17.7. The maximum atomic E-state index is 13.5. The molecule has 0 aromatic rings. The quantitative estimate of drug-likeness (QED) is 0.0195. The molecule has 0 saturated carbocycles. The van der Waals surface area contributed by atoms with Gasteiger partial charge in [0.15, 0.2) is 12.4 Å². The van der Waals surface area contributed by atoms with Gasteiger partial charge in [-0.25, -0.2) is 0 Å². The van der Waals surface area contributed by atoms with Crippen LogP contribution in [0.5, 0.6) is 0 Å². The van der Waals surface area contributed by atoms with E-state index in [0.717, 1.165) is 135 Å². The molecule has 1 heterocycles. The van der Waals surface area contributed by atoms with E-state index in [1.54, 1.807) is 6.08 Å². The van der Waals surface area contributed by atoms with Crippen LogP contribution in [0, 0.1) is 0 Å². The molecule has 0 aromatic carbocycles. The van der Waals surface area contributed by atoms with Crippen molar-refractivity contribution in [2.24, 2.45) is 0 Å². The SMILES string of the molecule is CC/C=C\C/C=C\C/C=C\C/C=C\C/C=C\C/C=C\CCCCCC(O)C(=O)NC(COC1OC(CO)C(O)C(O)C1OC(=O)CCCCCCCCCCCCC/C=C\C/C=C\C/C=C\C/C=C\CCCCC)C(O)/C=C/CCCCCCCCCCCCC. The van der Waals surface area contributed by atoms with E-state index in [1.807, 2.05) is 6.08 Å². The number of amides is 1. The molecule has 91 heavy (non-hydrogen) atoms. The van der Waals surface area contributed by atoms with Crippen LogP contribution in [-0.2, 0) is 23.8 Å². The molecule has 8 unspecified atom stereocenters. The number of allylic oxidation sites excluding steroid dienone is 21. The van der Waals surface area contributed by atoms with Gasteiger partial charge in [0.25, 0.3) is 0 Å². The minimum Gasteiger partial charge on any atom is -0.454 e. The molecule has 6 N–H and O–H groups in total. The highest BCUT2D eigenvalue weighted by molar-refractivity contribution is 5.80. The van der Waals surface area contributed by atoms with Gasteiger partial charge >= 0.3 is 5.97 Å². The van der Waals surface area contributed by atoms with Gasteiger partial charge in [-0.2, -0.15) is 0 Å². The fourth-order valence-corrected chi connectivity index (χ4v) is 10.8. The summed E-state index contributed by atoms with van der Waals surface area (Å²) in [7, 11) is 0. The topological polar surface area (TPSA) is 175 Å². The van der Waals surface area contributed by atoms with E-state index in [9.17, 15) is 35.1 Å². The monoisotopic (exact) mass is 1270 g/mol. The minimum absolute atomic E-state index is 0.109. The van der Waals surface area contributed by atoms with Gasteiger partial charge in [-0.1, -0.05) is 302 Å². The Morgan fingerprint density at radius 1 is 0.440 bits per heavy atom. The number of nitrogens with one attached hydrogen (secondary N) is 1. The Balaban J connectivity index is 2.60. The van der Waals surface area contributed by atoms with E-state index in [1.165, 1.54) is 116 Å². The first-order valence-electron chi connectivity index (χ1n) is 37.0. The van der Waals surface area contributed by atoms with Gasteiger partial charge in [0.2, 0.25) is 5.91 Å². The van der Waals surface area contributed by atoms with Crippen LogP contribution in [-0.4, -0.2) is 99.6 Å². The van der Waals surface area contributed by atoms with Crippen LogP contribution in [0.3, 0.4) is 0 Å². The number of carbonyl (C=O) groups is 2. The molecular formula is C80H135NO10. The number of esters is 1. The lowest BCUT2D eigenvalue weighted by Gasteiger charge is -2.41. The number of aliphatic hydroxyl groups is 5. The molecule has 0 aliphatic carbocycles. The fraction of sp³-hybridized carbons (Fsp3) is 0.700. The molecule has 1 aliphatic rings. The number of unbranched alkanes of at least 4 members (excludes halogenated alkanes) is 28. The zero-order chi connectivity index (χ0) is 66.0. The Kier molecular flexibility index (Phi) is 61.4. The summed E-state index contributed by atoms with van der Waals surface area (Å²) >= 11 is 0. The molecule has 0 bridgehead atoms. The van der Waals surface area contributed by atoms with Gasteiger partial charge in [0.1, 0.15) is 24.4 Å². The van der Waals surface area contributed by atoms with Crippen molar-refractivity contribution >= 4 is 11.9 Å². The normalized spacial score (nSPS) is 18.8. The van der Waals surface area contributed by atoms with E-state index in [2.05, 4.69) is 148 Å². The molecule has 0 aromatic heterocycles. The third-order valence-corrected chi connectivity index (χ3v) is 16.5. The van der Waals surface area contributed by atoms with Crippen molar-refractivity contribution in [3.8, 4) is 0 Å². The van der Waals surface area contributed by atoms with Crippen molar-refractivity contribution in [2.75, 3.05) is 13.2 Å². The molecule has 1 fully saturated rings. The predicted octanol–water partition coefficient (Wildman–Crippen LogP) is 19.5. The molecule has 520 valence electrons. The number of ether oxygens (including phenoxy) is 3. The first-order valence-corrected chi connectivity index (χ1v) is 37.0. The van der Waals surface area contributed by atoms with Crippen LogP contribution >= 0.6 is 0 Å². The summed E-state index contributed by atoms with van der Waals surface area (Å²) in [6.07, 6.45) is 83.4. The molecule has 1 aliphatic heterocycles. The fourth-order valence-electron chi connectivity index (χ4n) is 10.8. The van der Waals surface area contributed by atoms with Crippen LogP contribution in [0.1, 0.15) is 297 Å². The first kappa shape index (κ1) is 84.8. The van der Waals surface area contributed by atoms with Gasteiger partial charge in [0.05, 0.1) is 25.4 Å². The zero-order valence-corrected chi connectivity index (χ0v) is 57.9. The lowest BCUT2D eigenvalue weighted by Crippen LogP contribution is -2.61. The summed E-state index contributed by atoms with van der Waals surface area (Å²) in [6.45, 7) is 5.65. The molecule has 1 rings (SSSR count). The van der Waals surface area contributed by atoms with Gasteiger partial charge in [0, 0.05) is 6.42 Å². The summed E-state index contributed by atoms with van der Waals surface area (Å²) in [5, 5.41) is 57.3. The number of rotatable bonds is 62. The first-order chi connectivity index (χ1) is 44.7. The van der Waals surface area contributed by atoms with Crippen LogP contribution < -0.4 is 5.32 Å². The number of carbonyl (C=O) groups excluding carboxylic acids is 2. The second kappa shape index (κ2) is 65.8. The third kappa shape index (κ3) is 52.8. The summed E-state index contributed by atoms with van der Waals surface area (Å²) in [5.74, 6) is -1.23. The predicted molar refractivity (Wildman–Crippen MR) is 384 cm³/mol. The molecule has 11 nitrogen and oxygen atoms in total. The molecule has 1 amide bonds. The third-order valence-electron chi connectivity index (χ3n) is 16.5. The molecule has 8 atom stereocenters. The zero-order valence-electron chi connectivity index (χ0n) is 57.9. The Morgan fingerprint density at radius 3 is 1.21 bits per heavy atom. The molecule has 0 radical (unpaired) electrons. The Labute approximate surface area is 556 Å². The van der Waals surface area contributed by atoms with E-state index >= 15 is 0 Å². The molecule has 1 saturated heterocycles. The lowest BCUT2D eigenvalue weighted by molar-refractivity contribution is -0.305. The van der Waals surface area contributed by atoms with Crippen molar-refractivity contribution in [1.29, 1.82) is 0 Å². The number of hydrogen-bond acceptors (Lipinski definition) is 10. The highest BCUT2D eigenvalue weighted by atomic mass is 16.7. The molecule has 0 spiro atoms. The van der Waals surface area contributed by atoms with Gasteiger partial charge in [-0.05, 0) is 122 Å². The smallest absolute Gasteiger partial charge is 0.306 e. The molecule has 11 heteroatoms. The van der Waals surface area contributed by atoms with Crippen molar-refractivity contribution in [3.05, 3.63) is 134 Å². The van der Waals surface area contributed by atoms with Crippen molar-refractivity contribution < 1.29 is 49.3 Å². The standard InChI is InChI=1S/C80H135NO10/c1-4-7-10-13-16-19-22-25-27-29-31-33-35-36-37-38-39-41-43-45-47-50-53-56-59-62-65-68-75(85)91-78-77(87)76(86)74(69-82)90-80(78)89-70-71(72(83)66-63-60-57-54-51-48-24-21-18-15-12-9-6-3)81-79(88)73(84)67-64-61-58-55-52-49-46-44-42-40-34-32-30-28-26-23-20-17-14-11-8-5-2/h8,11,16-17,19-20,25-28,31-34,36-37,42,44,49,52,63,66,71-74,76-78,80,82-84,86-87H,4-7,9-10,12-15,18,21-24,29-30,35,38-41,43,45-48,50-51,53-62,64-65,67-70H2,1-3H3,(H,81,88)/b11-8-,19-16-,20-17-,27-25-,28-26-,33-31-,34-32-,37-36-,44-42-,52-49-,66-63+. The average Bonchev–Trinajstić information content (AvgIpc) is 1.05. The molecular weight excluding hydrogens is 1130 g/mol. The Morgan fingerprint density at radius 2 is 0.791 bits per heavy atom. The van der Waals surface area contributed by atoms with E-state index in [4.69, 9.17) is 14.2 Å². The maximum Gasteiger partial charge on any atom is 0.306 e. The summed E-state index contributed by atoms with van der Waals surface area (Å²) in [4.78, 5) is 26.7. The average molecular weight is 1270 g/mol. The van der Waals surface area contributed by atoms with Crippen LogP contribution in [0.25, 0.3) is 0 Å². The Bertz CT molecular complexity index is 2000. The van der Waals surface area contributed by atoms with Crippen molar-refractivity contribution in [2.45, 2.75) is 346 Å². The highest BCUT2D eigenvalue weighted by Gasteiger charge is 2.47.